The van der Waals surface area contributed by atoms with Crippen LogP contribution in [0.15, 0.2) is 47.4 Å². The van der Waals surface area contributed by atoms with Crippen LogP contribution >= 0.6 is 0 Å². The van der Waals surface area contributed by atoms with Crippen molar-refractivity contribution in [2.24, 2.45) is 0 Å². The third-order valence-electron chi connectivity index (χ3n) is 4.53. The van der Waals surface area contributed by atoms with Crippen molar-refractivity contribution in [1.82, 2.24) is 0 Å². The van der Waals surface area contributed by atoms with Gasteiger partial charge < -0.3 is 4.18 Å². The van der Waals surface area contributed by atoms with Crippen LogP contribution in [0.2, 0.25) is 0 Å². The van der Waals surface area contributed by atoms with E-state index in [0.717, 1.165) is 24.8 Å². The van der Waals surface area contributed by atoms with Crippen LogP contribution in [0.3, 0.4) is 0 Å². The smallest absolute Gasteiger partial charge is 0.339 e. The molecule has 3 rings (SSSR count). The van der Waals surface area contributed by atoms with Crippen molar-refractivity contribution in [3.63, 3.8) is 0 Å². The summed E-state index contributed by atoms with van der Waals surface area (Å²) >= 11 is 0. The highest BCUT2D eigenvalue weighted by Crippen LogP contribution is 2.28. The number of rotatable bonds is 3. The first-order valence-electron chi connectivity index (χ1n) is 8.42. The molecule has 4 heteroatoms. The lowest BCUT2D eigenvalue weighted by Gasteiger charge is -2.19. The first kappa shape index (κ1) is 17.0. The highest BCUT2D eigenvalue weighted by molar-refractivity contribution is 7.87. The topological polar surface area (TPSA) is 43.4 Å². The van der Waals surface area contributed by atoms with Crippen molar-refractivity contribution in [2.45, 2.75) is 56.8 Å². The molecule has 1 aliphatic carbocycles. The summed E-state index contributed by atoms with van der Waals surface area (Å²) in [5, 5.41) is 0. The average molecular weight is 344 g/mol. The Morgan fingerprint density at radius 3 is 2.12 bits per heavy atom. The van der Waals surface area contributed by atoms with E-state index in [1.807, 2.05) is 24.3 Å². The molecule has 0 radical (unpaired) electrons. The lowest BCUT2D eigenvalue weighted by Crippen LogP contribution is -2.13. The molecule has 0 N–H and O–H groups in total. The second kappa shape index (κ2) is 6.25. The summed E-state index contributed by atoms with van der Waals surface area (Å²) in [5.41, 5.74) is 3.59. The lowest BCUT2D eigenvalue weighted by molar-refractivity contribution is 0.485. The molecule has 0 spiro atoms. The van der Waals surface area contributed by atoms with E-state index in [2.05, 4.69) is 20.8 Å². The van der Waals surface area contributed by atoms with Crippen LogP contribution in [0, 0.1) is 0 Å². The molecular weight excluding hydrogens is 320 g/mol. The lowest BCUT2D eigenvalue weighted by atomic mass is 9.87. The SMILES string of the molecule is CC(C)(C)c1ccc(S(=O)(=O)Oc2ccc3c(c2)CCCC3)cc1. The Hall–Kier alpha value is -1.81. The summed E-state index contributed by atoms with van der Waals surface area (Å²) in [6, 6.07) is 12.6. The van der Waals surface area contributed by atoms with E-state index >= 15 is 0 Å². The summed E-state index contributed by atoms with van der Waals surface area (Å²) in [6.45, 7) is 6.29. The summed E-state index contributed by atoms with van der Waals surface area (Å²) in [5.74, 6) is 0.399. The first-order chi connectivity index (χ1) is 11.3. The quantitative estimate of drug-likeness (QED) is 0.763. The summed E-state index contributed by atoms with van der Waals surface area (Å²) in [6.07, 6.45) is 4.41. The van der Waals surface area contributed by atoms with Gasteiger partial charge in [0.2, 0.25) is 0 Å². The van der Waals surface area contributed by atoms with Crippen LogP contribution < -0.4 is 4.18 Å². The van der Waals surface area contributed by atoms with Gasteiger partial charge in [-0.3, -0.25) is 0 Å². The second-order valence-electron chi connectivity index (χ2n) is 7.45. The molecule has 0 saturated carbocycles. The zero-order valence-electron chi connectivity index (χ0n) is 14.5. The maximum Gasteiger partial charge on any atom is 0.339 e. The average Bonchev–Trinajstić information content (AvgIpc) is 2.54. The number of benzene rings is 2. The minimum absolute atomic E-state index is 0.0123. The van der Waals surface area contributed by atoms with Gasteiger partial charge in [-0.1, -0.05) is 39.0 Å². The monoisotopic (exact) mass is 344 g/mol. The fraction of sp³-hybridized carbons (Fsp3) is 0.400. The van der Waals surface area contributed by atoms with Gasteiger partial charge >= 0.3 is 10.1 Å². The molecule has 0 aromatic heterocycles. The molecule has 24 heavy (non-hydrogen) atoms. The van der Waals surface area contributed by atoms with E-state index in [1.54, 1.807) is 18.2 Å². The van der Waals surface area contributed by atoms with E-state index in [1.165, 1.54) is 17.5 Å². The van der Waals surface area contributed by atoms with E-state index in [4.69, 9.17) is 4.18 Å². The number of hydrogen-bond donors (Lipinski definition) is 0. The van der Waals surface area contributed by atoms with Gasteiger partial charge in [0.15, 0.2) is 0 Å². The summed E-state index contributed by atoms with van der Waals surface area (Å²) in [4.78, 5) is 0.188. The van der Waals surface area contributed by atoms with Crippen LogP contribution in [0.5, 0.6) is 5.75 Å². The molecule has 0 heterocycles. The van der Waals surface area contributed by atoms with Crippen LogP contribution in [0.4, 0.5) is 0 Å². The van der Waals surface area contributed by atoms with Gasteiger partial charge in [0, 0.05) is 0 Å². The third-order valence-corrected chi connectivity index (χ3v) is 5.80. The van der Waals surface area contributed by atoms with Crippen molar-refractivity contribution in [2.75, 3.05) is 0 Å². The Bertz CT molecular complexity index is 828. The van der Waals surface area contributed by atoms with E-state index in [9.17, 15) is 8.42 Å². The second-order valence-corrected chi connectivity index (χ2v) is 9.00. The van der Waals surface area contributed by atoms with E-state index < -0.39 is 10.1 Å². The maximum absolute atomic E-state index is 12.5. The Balaban J connectivity index is 1.83. The molecule has 2 aromatic carbocycles. The maximum atomic E-state index is 12.5. The first-order valence-corrected chi connectivity index (χ1v) is 9.83. The minimum Gasteiger partial charge on any atom is -0.379 e. The van der Waals surface area contributed by atoms with Crippen molar-refractivity contribution in [3.8, 4) is 5.75 Å². The fourth-order valence-corrected chi connectivity index (χ4v) is 3.98. The Kier molecular flexibility index (Phi) is 4.43. The molecular formula is C20H24O3S. The molecule has 2 aromatic rings. The molecule has 0 amide bonds. The molecule has 0 aliphatic heterocycles. The predicted octanol–water partition coefficient (Wildman–Crippen LogP) is 4.63. The van der Waals surface area contributed by atoms with Crippen molar-refractivity contribution in [1.29, 1.82) is 0 Å². The Labute approximate surface area is 144 Å². The highest BCUT2D eigenvalue weighted by Gasteiger charge is 2.20. The van der Waals surface area contributed by atoms with Crippen molar-refractivity contribution < 1.29 is 12.6 Å². The number of aryl methyl sites for hydroxylation is 2. The van der Waals surface area contributed by atoms with Gasteiger partial charge in [-0.15, -0.1) is 0 Å². The third kappa shape index (κ3) is 3.64. The molecule has 0 saturated heterocycles. The number of fused-ring (bicyclic) bond motifs is 1. The summed E-state index contributed by atoms with van der Waals surface area (Å²) < 4.78 is 30.4. The minimum atomic E-state index is -3.80. The molecule has 0 unspecified atom stereocenters. The van der Waals surface area contributed by atoms with Crippen molar-refractivity contribution >= 4 is 10.1 Å². The van der Waals surface area contributed by atoms with Crippen LogP contribution in [-0.4, -0.2) is 8.42 Å². The van der Waals surface area contributed by atoms with E-state index in [-0.39, 0.29) is 10.3 Å². The van der Waals surface area contributed by atoms with Crippen molar-refractivity contribution in [3.05, 3.63) is 59.2 Å². The summed E-state index contributed by atoms with van der Waals surface area (Å²) in [7, 11) is -3.80. The normalized spacial score (nSPS) is 15.0. The highest BCUT2D eigenvalue weighted by atomic mass is 32.2. The zero-order valence-corrected chi connectivity index (χ0v) is 15.3. The van der Waals surface area contributed by atoms with Crippen LogP contribution in [0.1, 0.15) is 50.3 Å². The van der Waals surface area contributed by atoms with Crippen LogP contribution in [0.25, 0.3) is 0 Å². The molecule has 0 atom stereocenters. The van der Waals surface area contributed by atoms with Crippen LogP contribution in [-0.2, 0) is 28.4 Å². The van der Waals surface area contributed by atoms with Gasteiger partial charge in [-0.25, -0.2) is 0 Å². The molecule has 0 bridgehead atoms. The zero-order chi connectivity index (χ0) is 17.4. The Morgan fingerprint density at radius 2 is 1.50 bits per heavy atom. The van der Waals surface area contributed by atoms with E-state index in [0.29, 0.717) is 5.75 Å². The van der Waals surface area contributed by atoms with Gasteiger partial charge in [0.1, 0.15) is 10.6 Å². The van der Waals surface area contributed by atoms with Gasteiger partial charge in [0.25, 0.3) is 0 Å². The molecule has 128 valence electrons. The molecule has 0 fully saturated rings. The molecule has 3 nitrogen and oxygen atoms in total. The predicted molar refractivity (Wildman–Crippen MR) is 96.0 cm³/mol. The van der Waals surface area contributed by atoms with Gasteiger partial charge in [0.05, 0.1) is 0 Å². The molecule has 1 aliphatic rings. The van der Waals surface area contributed by atoms with Gasteiger partial charge in [-0.2, -0.15) is 8.42 Å². The largest absolute Gasteiger partial charge is 0.379 e. The Morgan fingerprint density at radius 1 is 0.875 bits per heavy atom. The van der Waals surface area contributed by atoms with Gasteiger partial charge in [-0.05, 0) is 72.1 Å². The fourth-order valence-electron chi connectivity index (χ4n) is 3.06. The number of hydrogen-bond acceptors (Lipinski definition) is 3. The standard InChI is InChI=1S/C20H24O3S/c1-20(2,3)17-9-12-19(13-10-17)24(21,22)23-18-11-8-15-6-4-5-7-16(15)14-18/h8-14H,4-7H2,1-3H3.